The van der Waals surface area contributed by atoms with Gasteiger partial charge in [0.2, 0.25) is 0 Å². The predicted molar refractivity (Wildman–Crippen MR) is 144 cm³/mol. The first kappa shape index (κ1) is 25.7. The Kier molecular flexibility index (Phi) is 8.95. The number of aryl methyl sites for hydroxylation is 1. The number of para-hydroxylation sites is 1. The van der Waals surface area contributed by atoms with Crippen molar-refractivity contribution in [3.05, 3.63) is 89.0 Å². The van der Waals surface area contributed by atoms with Gasteiger partial charge in [-0.1, -0.05) is 73.1 Å². The summed E-state index contributed by atoms with van der Waals surface area (Å²) in [4.78, 5) is 13.1. The van der Waals surface area contributed by atoms with Crippen LogP contribution in [0.2, 0.25) is 5.02 Å². The van der Waals surface area contributed by atoms with Gasteiger partial charge in [-0.05, 0) is 36.5 Å². The largest absolute Gasteiger partial charge is 0.597 e. The van der Waals surface area contributed by atoms with E-state index in [0.29, 0.717) is 30.4 Å². The zero-order valence-corrected chi connectivity index (χ0v) is 21.4. The summed E-state index contributed by atoms with van der Waals surface area (Å²) in [5, 5.41) is 6.99. The van der Waals surface area contributed by atoms with Crippen LogP contribution in [0.3, 0.4) is 0 Å². The normalized spacial score (nSPS) is 18.3. The Morgan fingerprint density at radius 2 is 1.97 bits per heavy atom. The van der Waals surface area contributed by atoms with E-state index in [4.69, 9.17) is 21.1 Å². The van der Waals surface area contributed by atoms with Gasteiger partial charge in [-0.3, -0.25) is 5.01 Å². The molecule has 0 radical (unpaired) electrons. The van der Waals surface area contributed by atoms with Crippen LogP contribution in [0.1, 0.15) is 25.3 Å². The Hall–Kier alpha value is -3.38. The molecule has 0 bridgehead atoms. The van der Waals surface area contributed by atoms with Crippen LogP contribution in [0, 0.1) is 5.92 Å². The molecule has 2 atom stereocenters. The minimum Gasteiger partial charge on any atom is -0.488 e. The Morgan fingerprint density at radius 3 is 2.78 bits per heavy atom. The lowest BCUT2D eigenvalue weighted by Gasteiger charge is -2.25. The quantitative estimate of drug-likeness (QED) is 0.320. The highest BCUT2D eigenvalue weighted by molar-refractivity contribution is 6.32. The van der Waals surface area contributed by atoms with E-state index in [9.17, 15) is 4.79 Å². The molecule has 0 fully saturated rings. The van der Waals surface area contributed by atoms with Gasteiger partial charge in [0, 0.05) is 30.8 Å². The molecule has 4 rings (SSSR count). The second-order valence-corrected chi connectivity index (χ2v) is 9.67. The van der Waals surface area contributed by atoms with Crippen LogP contribution in [0.15, 0.2) is 83.5 Å². The minimum atomic E-state index is -0.536. The molecule has 36 heavy (non-hydrogen) atoms. The second kappa shape index (κ2) is 12.5. The van der Waals surface area contributed by atoms with Crippen LogP contribution in [0.4, 0.5) is 4.79 Å². The van der Waals surface area contributed by atoms with Gasteiger partial charge in [0.25, 0.3) is 0 Å². The number of ether oxygens (including phenoxy) is 2. The number of carbonyl (C=O) groups excluding carboxylic acids is 1. The number of hydrazone groups is 1. The van der Waals surface area contributed by atoms with E-state index in [2.05, 4.69) is 30.7 Å². The van der Waals surface area contributed by atoms with Crippen molar-refractivity contribution in [2.45, 2.75) is 32.3 Å². The molecule has 6 nitrogen and oxygen atoms in total. The molecule has 2 heterocycles. The van der Waals surface area contributed by atoms with Crippen molar-refractivity contribution in [3.8, 4) is 5.75 Å². The fourth-order valence-electron chi connectivity index (χ4n) is 4.16. The van der Waals surface area contributed by atoms with Gasteiger partial charge < -0.3 is 9.47 Å². The maximum atomic E-state index is 13.1. The number of halogens is 1. The monoisotopic (exact) mass is 506 g/mol. The summed E-state index contributed by atoms with van der Waals surface area (Å²) in [6.07, 6.45) is 7.31. The second-order valence-electron chi connectivity index (χ2n) is 9.27. The zero-order valence-electron chi connectivity index (χ0n) is 20.7. The van der Waals surface area contributed by atoms with Crippen LogP contribution in [0.5, 0.6) is 5.75 Å². The summed E-state index contributed by atoms with van der Waals surface area (Å²) < 4.78 is 13.5. The Labute approximate surface area is 218 Å². The fourth-order valence-corrected chi connectivity index (χ4v) is 4.35. The number of amides is 1. The third-order valence-corrected chi connectivity index (χ3v) is 6.71. The van der Waals surface area contributed by atoms with E-state index in [0.717, 1.165) is 24.8 Å². The molecule has 7 heteroatoms. The zero-order chi connectivity index (χ0) is 25.3. The average Bonchev–Trinajstić information content (AvgIpc) is 3.30. The molecule has 0 spiro atoms. The van der Waals surface area contributed by atoms with Crippen molar-refractivity contribution in [3.63, 3.8) is 0 Å². The average molecular weight is 507 g/mol. The van der Waals surface area contributed by atoms with Gasteiger partial charge >= 0.3 is 6.09 Å². The van der Waals surface area contributed by atoms with Gasteiger partial charge in [-0.15, -0.1) is 4.58 Å². The lowest BCUT2D eigenvalue weighted by atomic mass is 10.0. The van der Waals surface area contributed by atoms with Gasteiger partial charge in [-0.25, -0.2) is 0 Å². The van der Waals surface area contributed by atoms with Crippen LogP contribution in [0.25, 0.3) is 0 Å². The minimum absolute atomic E-state index is 0.166. The topological polar surface area (TPSA) is 54.1 Å². The van der Waals surface area contributed by atoms with Crippen molar-refractivity contribution in [2.24, 2.45) is 11.0 Å². The molecule has 188 valence electrons. The third kappa shape index (κ3) is 7.31. The number of hydrogen-bond donors (Lipinski definition) is 0. The van der Waals surface area contributed by atoms with Crippen molar-refractivity contribution in [1.82, 2.24) is 5.01 Å². The number of allylic oxidation sites excluding steroid dienone is 1. The number of hydrogen-bond acceptors (Lipinski definition) is 5. The van der Waals surface area contributed by atoms with E-state index < -0.39 is 12.2 Å². The molecule has 1 amide bonds. The van der Waals surface area contributed by atoms with Crippen LogP contribution < -0.4 is 4.74 Å². The molecule has 0 N–H and O–H groups in total. The molecule has 2 unspecified atom stereocenters. The maximum Gasteiger partial charge on any atom is 0.597 e. The smallest absolute Gasteiger partial charge is 0.488 e. The van der Waals surface area contributed by atoms with Crippen LogP contribution >= 0.6 is 11.6 Å². The standard InChI is InChI=1S/C29H33ClN3O3/c1-22-14-16-31-33(18-23(22)2)20-26(21-35-28-11-7-6-10-27(28)30)36-29(34)32-17-15-25(19-32)13-12-24-8-4-3-5-9-24/h3-11,15-17,23,26H,1,12-14,18-21H2,2H3/q+1. The molecule has 2 aliphatic rings. The summed E-state index contributed by atoms with van der Waals surface area (Å²) in [6.45, 7) is 8.08. The fraction of sp³-hybridized carbons (Fsp3) is 0.345. The Bertz CT molecular complexity index is 1160. The lowest BCUT2D eigenvalue weighted by Crippen LogP contribution is -2.39. The molecule has 0 saturated heterocycles. The first-order chi connectivity index (χ1) is 17.5. The number of benzene rings is 2. The van der Waals surface area contributed by atoms with E-state index in [1.165, 1.54) is 11.1 Å². The molecule has 2 aliphatic heterocycles. The van der Waals surface area contributed by atoms with Gasteiger partial charge in [-0.2, -0.15) is 9.90 Å². The molecular weight excluding hydrogens is 474 g/mol. The number of nitrogens with zero attached hydrogens (tertiary/aromatic N) is 3. The highest BCUT2D eigenvalue weighted by Crippen LogP contribution is 2.24. The van der Waals surface area contributed by atoms with Gasteiger partial charge in [0.05, 0.1) is 11.6 Å². The summed E-state index contributed by atoms with van der Waals surface area (Å²) in [7, 11) is 0. The van der Waals surface area contributed by atoms with Crippen LogP contribution in [-0.4, -0.2) is 60.5 Å². The summed E-state index contributed by atoms with van der Waals surface area (Å²) in [6, 6.07) is 17.6. The maximum absolute atomic E-state index is 13.1. The molecule has 2 aromatic rings. The molecule has 0 aromatic heterocycles. The highest BCUT2D eigenvalue weighted by Gasteiger charge is 2.30. The first-order valence-electron chi connectivity index (χ1n) is 12.3. The first-order valence-corrected chi connectivity index (χ1v) is 12.7. The molecular formula is C29H33ClN3O3+. The number of rotatable bonds is 9. The van der Waals surface area contributed by atoms with Crippen molar-refractivity contribution < 1.29 is 18.8 Å². The van der Waals surface area contributed by atoms with E-state index >= 15 is 0 Å². The van der Waals surface area contributed by atoms with Crippen molar-refractivity contribution >= 4 is 30.1 Å². The highest BCUT2D eigenvalue weighted by atomic mass is 35.5. The van der Waals surface area contributed by atoms with E-state index in [-0.39, 0.29) is 12.5 Å². The van der Waals surface area contributed by atoms with E-state index in [1.54, 1.807) is 22.9 Å². The number of carbonyl (C=O) groups is 1. The lowest BCUT2D eigenvalue weighted by molar-refractivity contribution is -0.431. The van der Waals surface area contributed by atoms with E-state index in [1.807, 2.05) is 47.6 Å². The van der Waals surface area contributed by atoms with Crippen molar-refractivity contribution in [1.29, 1.82) is 0 Å². The summed E-state index contributed by atoms with van der Waals surface area (Å²) in [5.41, 5.74) is 3.62. The van der Waals surface area contributed by atoms with Gasteiger partial charge in [0.1, 0.15) is 12.4 Å². The predicted octanol–water partition coefficient (Wildman–Crippen LogP) is 5.76. The molecule has 0 saturated carbocycles. The van der Waals surface area contributed by atoms with Crippen molar-refractivity contribution in [2.75, 3.05) is 26.2 Å². The summed E-state index contributed by atoms with van der Waals surface area (Å²) in [5.74, 6) is 0.843. The molecule has 2 aromatic carbocycles. The summed E-state index contributed by atoms with van der Waals surface area (Å²) >= 11 is 6.26. The van der Waals surface area contributed by atoms with Gasteiger partial charge in [0.15, 0.2) is 18.9 Å². The Balaban J connectivity index is 1.36. The molecule has 0 aliphatic carbocycles. The third-order valence-electron chi connectivity index (χ3n) is 6.40. The van der Waals surface area contributed by atoms with Crippen LogP contribution in [-0.2, 0) is 11.2 Å². The Morgan fingerprint density at radius 1 is 1.19 bits per heavy atom. The SMILES string of the molecule is C=C1CC=NN(CC(COc2ccccc2Cl)OC(=O)[N+]2=CC=C(CCc3ccccc3)C2)CC1C.